The van der Waals surface area contributed by atoms with Crippen molar-refractivity contribution < 1.29 is 18.7 Å². The van der Waals surface area contributed by atoms with Crippen LogP contribution in [0.15, 0.2) is 59.1 Å². The molecule has 3 N–H and O–H groups in total. The number of hydrazine groups is 1. The number of aromatic nitrogens is 1. The summed E-state index contributed by atoms with van der Waals surface area (Å²) in [6.07, 6.45) is 2.01. The van der Waals surface area contributed by atoms with Gasteiger partial charge >= 0.3 is 0 Å². The van der Waals surface area contributed by atoms with E-state index in [9.17, 15) is 9.59 Å². The van der Waals surface area contributed by atoms with Crippen molar-refractivity contribution in [3.05, 3.63) is 65.6 Å². The van der Waals surface area contributed by atoms with Crippen LogP contribution in [0.5, 0.6) is 5.75 Å². The Bertz CT molecular complexity index is 1000. The van der Waals surface area contributed by atoms with Crippen LogP contribution in [0.1, 0.15) is 12.3 Å². The maximum absolute atomic E-state index is 12.0. The number of para-hydroxylation sites is 2. The smallest absolute Gasteiger partial charge is 0.257 e. The fourth-order valence-corrected chi connectivity index (χ4v) is 2.73. The number of amides is 2. The molecule has 1 heterocycles. The molecule has 8 nitrogen and oxygen atoms in total. The second kappa shape index (κ2) is 10.3. The highest BCUT2D eigenvalue weighted by Gasteiger charge is 2.10. The Labute approximate surface area is 178 Å². The van der Waals surface area contributed by atoms with Gasteiger partial charge in [-0.25, -0.2) is 4.98 Å². The third-order valence-corrected chi connectivity index (χ3v) is 4.39. The van der Waals surface area contributed by atoms with E-state index < -0.39 is 5.91 Å². The first-order chi connectivity index (χ1) is 14.5. The summed E-state index contributed by atoms with van der Waals surface area (Å²) in [6, 6.07) is 14.4. The van der Waals surface area contributed by atoms with E-state index in [0.717, 1.165) is 5.56 Å². The van der Waals surface area contributed by atoms with Gasteiger partial charge in [0.25, 0.3) is 5.91 Å². The molecule has 0 spiro atoms. The SMILES string of the molecule is COc1ccccc1NCC(=O)NNC(=O)CCc1ncc(-c2ccc(Cl)cc2)o1. The third-order valence-electron chi connectivity index (χ3n) is 4.14. The predicted octanol–water partition coefficient (Wildman–Crippen LogP) is 3.20. The lowest BCUT2D eigenvalue weighted by molar-refractivity contribution is -0.128. The van der Waals surface area contributed by atoms with Crippen LogP contribution in [-0.4, -0.2) is 30.5 Å². The first-order valence-corrected chi connectivity index (χ1v) is 9.58. The number of anilines is 1. The Balaban J connectivity index is 1.39. The number of carbonyl (C=O) groups excluding carboxylic acids is 2. The van der Waals surface area contributed by atoms with Gasteiger partial charge in [0.05, 0.1) is 25.5 Å². The number of hydrogen-bond acceptors (Lipinski definition) is 6. The summed E-state index contributed by atoms with van der Waals surface area (Å²) >= 11 is 5.88. The van der Waals surface area contributed by atoms with Gasteiger partial charge in [-0.05, 0) is 36.4 Å². The molecule has 0 fully saturated rings. The van der Waals surface area contributed by atoms with Gasteiger partial charge in [-0.15, -0.1) is 0 Å². The number of ether oxygens (including phenoxy) is 1. The van der Waals surface area contributed by atoms with E-state index in [4.69, 9.17) is 20.8 Å². The van der Waals surface area contributed by atoms with E-state index in [0.29, 0.717) is 34.5 Å². The van der Waals surface area contributed by atoms with Crippen molar-refractivity contribution in [2.45, 2.75) is 12.8 Å². The maximum Gasteiger partial charge on any atom is 0.257 e. The molecule has 30 heavy (non-hydrogen) atoms. The van der Waals surface area contributed by atoms with Crippen LogP contribution in [0.4, 0.5) is 5.69 Å². The van der Waals surface area contributed by atoms with E-state index in [1.54, 1.807) is 37.6 Å². The molecule has 0 saturated carbocycles. The molecule has 2 aromatic carbocycles. The van der Waals surface area contributed by atoms with Crippen molar-refractivity contribution in [3.8, 4) is 17.1 Å². The largest absolute Gasteiger partial charge is 0.495 e. The molecule has 0 unspecified atom stereocenters. The number of benzene rings is 2. The monoisotopic (exact) mass is 428 g/mol. The van der Waals surface area contributed by atoms with Gasteiger partial charge in [-0.3, -0.25) is 20.4 Å². The number of nitrogens with one attached hydrogen (secondary N) is 3. The van der Waals surface area contributed by atoms with Gasteiger partial charge in [-0.2, -0.15) is 0 Å². The molecule has 1 aromatic heterocycles. The van der Waals surface area contributed by atoms with E-state index >= 15 is 0 Å². The van der Waals surface area contributed by atoms with Crippen molar-refractivity contribution >= 4 is 29.1 Å². The van der Waals surface area contributed by atoms with Crippen LogP contribution < -0.4 is 20.9 Å². The summed E-state index contributed by atoms with van der Waals surface area (Å²) in [5, 5.41) is 3.58. The lowest BCUT2D eigenvalue weighted by atomic mass is 10.2. The van der Waals surface area contributed by atoms with Crippen LogP contribution in [-0.2, 0) is 16.0 Å². The summed E-state index contributed by atoms with van der Waals surface area (Å²) in [5.41, 5.74) is 6.25. The minimum absolute atomic E-state index is 0.0230. The molecule has 9 heteroatoms. The van der Waals surface area contributed by atoms with Gasteiger partial charge in [0.2, 0.25) is 5.91 Å². The first kappa shape index (κ1) is 21.2. The Morgan fingerprint density at radius 2 is 1.80 bits per heavy atom. The van der Waals surface area contributed by atoms with Crippen molar-refractivity contribution in [2.24, 2.45) is 0 Å². The molecule has 0 bridgehead atoms. The minimum atomic E-state index is -0.393. The zero-order valence-electron chi connectivity index (χ0n) is 16.3. The second-order valence-electron chi connectivity index (χ2n) is 6.28. The molecule has 0 atom stereocenters. The Hall–Kier alpha value is -3.52. The minimum Gasteiger partial charge on any atom is -0.495 e. The highest BCUT2D eigenvalue weighted by atomic mass is 35.5. The number of halogens is 1. The van der Waals surface area contributed by atoms with Gasteiger partial charge in [0, 0.05) is 23.4 Å². The molecule has 0 saturated heterocycles. The van der Waals surface area contributed by atoms with Crippen LogP contribution in [0, 0.1) is 0 Å². The number of oxazole rings is 1. The van der Waals surface area contributed by atoms with Gasteiger partial charge in [0.1, 0.15) is 5.75 Å². The number of methoxy groups -OCH3 is 1. The maximum atomic E-state index is 12.0. The van der Waals surface area contributed by atoms with Crippen molar-refractivity contribution in [3.63, 3.8) is 0 Å². The molecular weight excluding hydrogens is 408 g/mol. The zero-order valence-corrected chi connectivity index (χ0v) is 17.0. The average molecular weight is 429 g/mol. The van der Waals surface area contributed by atoms with Crippen LogP contribution in [0.25, 0.3) is 11.3 Å². The van der Waals surface area contributed by atoms with Crippen LogP contribution in [0.3, 0.4) is 0 Å². The highest BCUT2D eigenvalue weighted by Crippen LogP contribution is 2.23. The average Bonchev–Trinajstić information content (AvgIpc) is 3.24. The van der Waals surface area contributed by atoms with Crippen molar-refractivity contribution in [1.82, 2.24) is 15.8 Å². The topological polar surface area (TPSA) is 105 Å². The van der Waals surface area contributed by atoms with E-state index in [1.807, 2.05) is 24.3 Å². The quantitative estimate of drug-likeness (QED) is 0.476. The number of hydrogen-bond donors (Lipinski definition) is 3. The molecule has 2 amide bonds. The van der Waals surface area contributed by atoms with Gasteiger partial charge in [0.15, 0.2) is 11.7 Å². The first-order valence-electron chi connectivity index (χ1n) is 9.20. The predicted molar refractivity (Wildman–Crippen MR) is 113 cm³/mol. The molecule has 0 radical (unpaired) electrons. The van der Waals surface area contributed by atoms with E-state index in [1.165, 1.54) is 0 Å². The van der Waals surface area contributed by atoms with E-state index in [-0.39, 0.29) is 18.9 Å². The van der Waals surface area contributed by atoms with Crippen molar-refractivity contribution in [1.29, 1.82) is 0 Å². The van der Waals surface area contributed by atoms with E-state index in [2.05, 4.69) is 21.2 Å². The Morgan fingerprint density at radius 3 is 2.57 bits per heavy atom. The molecule has 0 aliphatic carbocycles. The summed E-state index contributed by atoms with van der Waals surface area (Å²) in [5.74, 6) is 0.901. The normalized spacial score (nSPS) is 10.3. The summed E-state index contributed by atoms with van der Waals surface area (Å²) in [4.78, 5) is 28.0. The molecule has 156 valence electrons. The number of nitrogens with zero attached hydrogens (tertiary/aromatic N) is 1. The standard InChI is InChI=1S/C21H21ClN4O4/c1-29-17-5-3-2-4-16(17)23-13-20(28)26-25-19(27)10-11-21-24-12-18(30-21)14-6-8-15(22)9-7-14/h2-9,12,23H,10-11,13H2,1H3,(H,25,27)(H,26,28). The number of carbonyl (C=O) groups is 2. The Kier molecular flexibility index (Phi) is 7.29. The molecule has 0 aliphatic rings. The third kappa shape index (κ3) is 5.99. The van der Waals surface area contributed by atoms with Crippen molar-refractivity contribution in [2.75, 3.05) is 19.0 Å². The molecular formula is C21H21ClN4O4. The lowest BCUT2D eigenvalue weighted by Crippen LogP contribution is -2.44. The fourth-order valence-electron chi connectivity index (χ4n) is 2.61. The Morgan fingerprint density at radius 1 is 1.07 bits per heavy atom. The zero-order chi connectivity index (χ0) is 21.3. The summed E-state index contributed by atoms with van der Waals surface area (Å²) in [7, 11) is 1.55. The second-order valence-corrected chi connectivity index (χ2v) is 6.71. The summed E-state index contributed by atoms with van der Waals surface area (Å²) < 4.78 is 10.9. The van der Waals surface area contributed by atoms with Crippen LogP contribution >= 0.6 is 11.6 Å². The molecule has 3 aromatic rings. The lowest BCUT2D eigenvalue weighted by Gasteiger charge is -2.11. The molecule has 3 rings (SSSR count). The summed E-state index contributed by atoms with van der Waals surface area (Å²) in [6.45, 7) is -0.0230. The van der Waals surface area contributed by atoms with Gasteiger partial charge in [-0.1, -0.05) is 23.7 Å². The number of rotatable bonds is 8. The fraction of sp³-hybridized carbons (Fsp3) is 0.190. The number of aryl methyl sites for hydroxylation is 1. The van der Waals surface area contributed by atoms with Gasteiger partial charge < -0.3 is 14.5 Å². The molecule has 0 aliphatic heterocycles. The highest BCUT2D eigenvalue weighted by molar-refractivity contribution is 6.30. The van der Waals surface area contributed by atoms with Crippen LogP contribution in [0.2, 0.25) is 5.02 Å².